The van der Waals surface area contributed by atoms with Gasteiger partial charge in [-0.2, -0.15) is 0 Å². The number of nitrogens with zero attached hydrogens (tertiary/aromatic N) is 2. The van der Waals surface area contributed by atoms with Crippen molar-refractivity contribution in [2.24, 2.45) is 0 Å². The van der Waals surface area contributed by atoms with Crippen LogP contribution in [0.4, 0.5) is 5.69 Å². The largest absolute Gasteiger partial charge is 0.369 e. The third-order valence-corrected chi connectivity index (χ3v) is 5.15. The number of allylic oxidation sites excluding steroid dienone is 1. The van der Waals surface area contributed by atoms with E-state index in [-0.39, 0.29) is 0 Å². The van der Waals surface area contributed by atoms with Crippen molar-refractivity contribution in [2.45, 2.75) is 12.3 Å². The van der Waals surface area contributed by atoms with Crippen LogP contribution < -0.4 is 4.90 Å². The normalized spacial score (nSPS) is 20.7. The lowest BCUT2D eigenvalue weighted by Crippen LogP contribution is -2.46. The van der Waals surface area contributed by atoms with Gasteiger partial charge in [-0.3, -0.25) is 4.90 Å². The molecule has 4 rings (SSSR count). The van der Waals surface area contributed by atoms with Crippen LogP contribution in [0.2, 0.25) is 0 Å². The highest BCUT2D eigenvalue weighted by atomic mass is 15.3. The molecular weight excluding hydrogens is 280 g/mol. The maximum atomic E-state index is 2.62. The van der Waals surface area contributed by atoms with Crippen molar-refractivity contribution in [1.82, 2.24) is 4.90 Å². The van der Waals surface area contributed by atoms with Crippen LogP contribution in [0.15, 0.2) is 60.7 Å². The van der Waals surface area contributed by atoms with Gasteiger partial charge in [-0.1, -0.05) is 54.6 Å². The van der Waals surface area contributed by atoms with Gasteiger partial charge in [0, 0.05) is 37.8 Å². The van der Waals surface area contributed by atoms with Gasteiger partial charge < -0.3 is 4.90 Å². The minimum absolute atomic E-state index is 0.610. The standard InChI is InChI=1S/C21H24N2/c1-2-7-20(8-3-1)23-16-14-22(15-17-23)13-12-19-11-10-18-6-4-5-9-21(18)19/h1-11,19H,12-17H2. The first-order chi connectivity index (χ1) is 11.4. The Labute approximate surface area is 139 Å². The molecule has 2 heteroatoms. The van der Waals surface area contributed by atoms with Gasteiger partial charge >= 0.3 is 0 Å². The van der Waals surface area contributed by atoms with Crippen molar-refractivity contribution in [1.29, 1.82) is 0 Å². The molecule has 1 atom stereocenters. The van der Waals surface area contributed by atoms with Crippen molar-refractivity contribution in [2.75, 3.05) is 37.6 Å². The van der Waals surface area contributed by atoms with Crippen LogP contribution >= 0.6 is 0 Å². The summed E-state index contributed by atoms with van der Waals surface area (Å²) in [4.78, 5) is 5.12. The second-order valence-electron chi connectivity index (χ2n) is 6.55. The molecule has 1 fully saturated rings. The van der Waals surface area contributed by atoms with Crippen LogP contribution in [-0.4, -0.2) is 37.6 Å². The molecule has 0 aromatic heterocycles. The first kappa shape index (κ1) is 14.5. The Hall–Kier alpha value is -2.06. The van der Waals surface area contributed by atoms with E-state index in [2.05, 4.69) is 76.5 Å². The molecule has 2 aromatic rings. The third kappa shape index (κ3) is 3.18. The Morgan fingerprint density at radius 3 is 2.39 bits per heavy atom. The smallest absolute Gasteiger partial charge is 0.0367 e. The molecule has 0 N–H and O–H groups in total. The van der Waals surface area contributed by atoms with Crippen molar-refractivity contribution in [3.8, 4) is 0 Å². The van der Waals surface area contributed by atoms with Crippen LogP contribution in [-0.2, 0) is 0 Å². The Kier molecular flexibility index (Phi) is 4.16. The highest BCUT2D eigenvalue weighted by Gasteiger charge is 2.20. The number of benzene rings is 2. The molecule has 1 unspecified atom stereocenters. The molecule has 2 aliphatic rings. The van der Waals surface area contributed by atoms with Crippen LogP contribution in [0.25, 0.3) is 6.08 Å². The van der Waals surface area contributed by atoms with E-state index in [0.717, 1.165) is 13.1 Å². The molecule has 1 aliphatic carbocycles. The van der Waals surface area contributed by atoms with Gasteiger partial charge in [0.15, 0.2) is 0 Å². The summed E-state index contributed by atoms with van der Waals surface area (Å²) in [6.07, 6.45) is 5.90. The molecule has 0 amide bonds. The second-order valence-corrected chi connectivity index (χ2v) is 6.55. The van der Waals surface area contributed by atoms with Crippen molar-refractivity contribution >= 4 is 11.8 Å². The summed E-state index contributed by atoms with van der Waals surface area (Å²) in [6, 6.07) is 19.6. The van der Waals surface area contributed by atoms with E-state index in [0.29, 0.717) is 5.92 Å². The topological polar surface area (TPSA) is 6.48 Å². The molecule has 2 nitrogen and oxygen atoms in total. The molecule has 0 spiro atoms. The number of rotatable bonds is 4. The van der Waals surface area contributed by atoms with E-state index in [4.69, 9.17) is 0 Å². The Bertz CT molecular complexity index is 669. The van der Waals surface area contributed by atoms with Crippen LogP contribution in [0.1, 0.15) is 23.5 Å². The van der Waals surface area contributed by atoms with Gasteiger partial charge in [0.25, 0.3) is 0 Å². The fraction of sp³-hybridized carbons (Fsp3) is 0.333. The second kappa shape index (κ2) is 6.59. The van der Waals surface area contributed by atoms with Crippen LogP contribution in [0.5, 0.6) is 0 Å². The van der Waals surface area contributed by atoms with E-state index < -0.39 is 0 Å². The van der Waals surface area contributed by atoms with Gasteiger partial charge in [0.1, 0.15) is 0 Å². The summed E-state index contributed by atoms with van der Waals surface area (Å²) in [5.41, 5.74) is 4.28. The van der Waals surface area contributed by atoms with Gasteiger partial charge in [-0.05, 0) is 36.2 Å². The number of para-hydroxylation sites is 1. The lowest BCUT2D eigenvalue weighted by molar-refractivity contribution is 0.252. The van der Waals surface area contributed by atoms with E-state index >= 15 is 0 Å². The highest BCUT2D eigenvalue weighted by molar-refractivity contribution is 5.62. The number of hydrogen-bond donors (Lipinski definition) is 0. The lowest BCUT2D eigenvalue weighted by Gasteiger charge is -2.36. The predicted molar refractivity (Wildman–Crippen MR) is 97.9 cm³/mol. The average molecular weight is 304 g/mol. The summed E-state index contributed by atoms with van der Waals surface area (Å²) in [6.45, 7) is 5.83. The van der Waals surface area contributed by atoms with E-state index in [1.54, 1.807) is 0 Å². The SMILES string of the molecule is C1=CC(CCN2CCN(c3ccccc3)CC2)c2ccccc21. The highest BCUT2D eigenvalue weighted by Crippen LogP contribution is 2.32. The number of hydrogen-bond acceptors (Lipinski definition) is 2. The summed E-state index contributed by atoms with van der Waals surface area (Å²) in [5.74, 6) is 0.610. The Morgan fingerprint density at radius 2 is 1.57 bits per heavy atom. The van der Waals surface area contributed by atoms with Crippen LogP contribution in [0, 0.1) is 0 Å². The van der Waals surface area contributed by atoms with Gasteiger partial charge in [0.2, 0.25) is 0 Å². The number of anilines is 1. The molecule has 0 bridgehead atoms. The van der Waals surface area contributed by atoms with E-state index in [9.17, 15) is 0 Å². The summed E-state index contributed by atoms with van der Waals surface area (Å²) in [7, 11) is 0. The van der Waals surface area contributed by atoms with Crippen molar-refractivity contribution in [3.05, 3.63) is 71.8 Å². The van der Waals surface area contributed by atoms with Gasteiger partial charge in [0.05, 0.1) is 0 Å². The summed E-state index contributed by atoms with van der Waals surface area (Å²) in [5, 5.41) is 0. The third-order valence-electron chi connectivity index (χ3n) is 5.15. The zero-order chi connectivity index (χ0) is 15.5. The fourth-order valence-corrected chi connectivity index (χ4v) is 3.77. The molecule has 0 radical (unpaired) electrons. The fourth-order valence-electron chi connectivity index (χ4n) is 3.77. The maximum absolute atomic E-state index is 2.62. The first-order valence-electron chi connectivity index (χ1n) is 8.70. The zero-order valence-corrected chi connectivity index (χ0v) is 13.6. The van der Waals surface area contributed by atoms with Crippen molar-refractivity contribution in [3.63, 3.8) is 0 Å². The Morgan fingerprint density at radius 1 is 0.826 bits per heavy atom. The molecule has 2 aromatic carbocycles. The van der Waals surface area contributed by atoms with Gasteiger partial charge in [-0.25, -0.2) is 0 Å². The molecule has 1 aliphatic heterocycles. The molecule has 1 heterocycles. The lowest BCUT2D eigenvalue weighted by atomic mass is 9.97. The molecule has 23 heavy (non-hydrogen) atoms. The molecule has 1 saturated heterocycles. The first-order valence-corrected chi connectivity index (χ1v) is 8.70. The zero-order valence-electron chi connectivity index (χ0n) is 13.6. The maximum Gasteiger partial charge on any atom is 0.0367 e. The predicted octanol–water partition coefficient (Wildman–Crippen LogP) is 4.01. The minimum atomic E-state index is 0.610. The molecular formula is C21H24N2. The summed E-state index contributed by atoms with van der Waals surface area (Å²) < 4.78 is 0. The number of fused-ring (bicyclic) bond motifs is 1. The van der Waals surface area contributed by atoms with Crippen LogP contribution in [0.3, 0.4) is 0 Å². The molecule has 0 saturated carbocycles. The van der Waals surface area contributed by atoms with Gasteiger partial charge in [-0.15, -0.1) is 0 Å². The number of piperazine rings is 1. The van der Waals surface area contributed by atoms with Crippen molar-refractivity contribution < 1.29 is 0 Å². The quantitative estimate of drug-likeness (QED) is 0.842. The Balaban J connectivity index is 1.29. The average Bonchev–Trinajstić information content (AvgIpc) is 3.04. The monoisotopic (exact) mass is 304 g/mol. The molecule has 118 valence electrons. The summed E-state index contributed by atoms with van der Waals surface area (Å²) >= 11 is 0. The van der Waals surface area contributed by atoms with E-state index in [1.807, 2.05) is 0 Å². The van der Waals surface area contributed by atoms with E-state index in [1.165, 1.54) is 42.9 Å². The minimum Gasteiger partial charge on any atom is -0.369 e.